The molecule has 0 saturated heterocycles. The molecule has 1 aliphatic carbocycles. The summed E-state index contributed by atoms with van der Waals surface area (Å²) in [6.07, 6.45) is 0.777. The van der Waals surface area contributed by atoms with Crippen LogP contribution in [0.3, 0.4) is 0 Å². The molecule has 2 nitrogen and oxygen atoms in total. The maximum absolute atomic E-state index is 12.9. The number of nitrogens with two attached hydrogens (primary N) is 1. The van der Waals surface area contributed by atoms with E-state index in [9.17, 15) is 9.50 Å². The van der Waals surface area contributed by atoms with Crippen molar-refractivity contribution in [2.24, 2.45) is 5.73 Å². The number of hydrogen-bond acceptors (Lipinski definition) is 2. The number of halogens is 2. The summed E-state index contributed by atoms with van der Waals surface area (Å²) in [6.45, 7) is 0. The van der Waals surface area contributed by atoms with Crippen molar-refractivity contribution >= 4 is 15.9 Å². The molecule has 1 aromatic rings. The molecule has 1 aliphatic rings. The number of aliphatic hydroxyl groups is 1. The molecule has 14 heavy (non-hydrogen) atoms. The summed E-state index contributed by atoms with van der Waals surface area (Å²) in [6, 6.07) is 4.74. The van der Waals surface area contributed by atoms with Gasteiger partial charge in [-0.15, -0.1) is 0 Å². The van der Waals surface area contributed by atoms with Crippen LogP contribution in [0.1, 0.15) is 18.4 Å². The highest BCUT2D eigenvalue weighted by Crippen LogP contribution is 2.39. The zero-order valence-corrected chi connectivity index (χ0v) is 9.09. The van der Waals surface area contributed by atoms with Crippen molar-refractivity contribution in [3.8, 4) is 0 Å². The molecule has 0 heterocycles. The Morgan fingerprint density at radius 3 is 2.64 bits per heavy atom. The van der Waals surface area contributed by atoms with Crippen LogP contribution in [0, 0.1) is 5.82 Å². The average Bonchev–Trinajstić information content (AvgIpc) is 2.07. The summed E-state index contributed by atoms with van der Waals surface area (Å²) >= 11 is 3.11. The number of hydrogen-bond donors (Lipinski definition) is 2. The van der Waals surface area contributed by atoms with E-state index in [0.717, 1.165) is 5.56 Å². The first-order valence-electron chi connectivity index (χ1n) is 4.44. The summed E-state index contributed by atoms with van der Waals surface area (Å²) < 4.78 is 13.4. The Hall–Kier alpha value is -0.450. The molecule has 0 atom stereocenters. The highest BCUT2D eigenvalue weighted by atomic mass is 79.9. The van der Waals surface area contributed by atoms with E-state index in [0.29, 0.717) is 17.3 Å². The van der Waals surface area contributed by atoms with Crippen LogP contribution in [0.4, 0.5) is 4.39 Å². The van der Waals surface area contributed by atoms with Crippen molar-refractivity contribution < 1.29 is 9.50 Å². The maximum atomic E-state index is 12.9. The zero-order valence-electron chi connectivity index (χ0n) is 7.50. The second-order valence-electron chi connectivity index (χ2n) is 3.85. The lowest BCUT2D eigenvalue weighted by molar-refractivity contribution is 0.0209. The van der Waals surface area contributed by atoms with Gasteiger partial charge in [0.25, 0.3) is 0 Å². The molecule has 0 radical (unpaired) electrons. The molecule has 76 valence electrons. The molecule has 2 rings (SSSR count). The Balaban J connectivity index is 2.29. The smallest absolute Gasteiger partial charge is 0.137 e. The summed E-state index contributed by atoms with van der Waals surface area (Å²) in [5.41, 5.74) is 6.43. The van der Waals surface area contributed by atoms with E-state index in [1.807, 2.05) is 0 Å². The fourth-order valence-corrected chi connectivity index (χ4v) is 2.20. The minimum Gasteiger partial charge on any atom is -0.393 e. The first-order chi connectivity index (χ1) is 6.51. The van der Waals surface area contributed by atoms with Gasteiger partial charge >= 0.3 is 0 Å². The van der Waals surface area contributed by atoms with Crippen LogP contribution in [0.2, 0.25) is 0 Å². The van der Waals surface area contributed by atoms with Gasteiger partial charge in [-0.05, 0) is 46.5 Å². The fourth-order valence-electron chi connectivity index (χ4n) is 1.82. The Morgan fingerprint density at radius 2 is 2.14 bits per heavy atom. The van der Waals surface area contributed by atoms with E-state index in [1.54, 1.807) is 12.1 Å². The zero-order chi connectivity index (χ0) is 10.3. The van der Waals surface area contributed by atoms with Crippen LogP contribution in [-0.4, -0.2) is 11.2 Å². The van der Waals surface area contributed by atoms with Crippen LogP contribution in [0.25, 0.3) is 0 Å². The van der Waals surface area contributed by atoms with Crippen LogP contribution in [0.5, 0.6) is 0 Å². The number of benzene rings is 1. The summed E-state index contributed by atoms with van der Waals surface area (Å²) in [5, 5.41) is 9.20. The molecule has 0 aromatic heterocycles. The van der Waals surface area contributed by atoms with E-state index in [1.165, 1.54) is 6.07 Å². The van der Waals surface area contributed by atoms with Crippen molar-refractivity contribution in [3.05, 3.63) is 34.1 Å². The van der Waals surface area contributed by atoms with Gasteiger partial charge in [-0.3, -0.25) is 0 Å². The Labute approximate surface area is 90.1 Å². The Bertz CT molecular complexity index is 363. The van der Waals surface area contributed by atoms with Crippen molar-refractivity contribution in [2.45, 2.75) is 24.5 Å². The topological polar surface area (TPSA) is 46.2 Å². The Morgan fingerprint density at radius 1 is 1.50 bits per heavy atom. The predicted octanol–water partition coefficient (Wildman–Crippen LogP) is 1.90. The van der Waals surface area contributed by atoms with E-state index >= 15 is 0 Å². The van der Waals surface area contributed by atoms with Crippen LogP contribution in [0.15, 0.2) is 22.7 Å². The lowest BCUT2D eigenvalue weighted by Crippen LogP contribution is -2.51. The third-order valence-electron chi connectivity index (χ3n) is 2.69. The van der Waals surface area contributed by atoms with Crippen LogP contribution < -0.4 is 5.73 Å². The SMILES string of the molecule is NC1(c2ccc(F)c(Br)c2)CC(O)C1. The van der Waals surface area contributed by atoms with E-state index < -0.39 is 5.54 Å². The van der Waals surface area contributed by atoms with Gasteiger partial charge in [0.15, 0.2) is 0 Å². The number of rotatable bonds is 1. The van der Waals surface area contributed by atoms with Crippen LogP contribution in [-0.2, 0) is 5.54 Å². The molecule has 4 heteroatoms. The Kier molecular flexibility index (Phi) is 2.37. The second-order valence-corrected chi connectivity index (χ2v) is 4.70. The van der Waals surface area contributed by atoms with Gasteiger partial charge in [-0.1, -0.05) is 6.07 Å². The van der Waals surface area contributed by atoms with Gasteiger partial charge in [0.2, 0.25) is 0 Å². The molecule has 0 amide bonds. The molecule has 0 bridgehead atoms. The molecule has 0 spiro atoms. The molecular weight excluding hydrogens is 249 g/mol. The lowest BCUT2D eigenvalue weighted by atomic mass is 9.71. The van der Waals surface area contributed by atoms with Gasteiger partial charge in [0, 0.05) is 5.54 Å². The molecular formula is C10H11BrFNO. The largest absolute Gasteiger partial charge is 0.393 e. The monoisotopic (exact) mass is 259 g/mol. The van der Waals surface area contributed by atoms with E-state index in [-0.39, 0.29) is 11.9 Å². The quantitative estimate of drug-likeness (QED) is 0.810. The summed E-state index contributed by atoms with van der Waals surface area (Å²) in [5.74, 6) is -0.294. The van der Waals surface area contributed by atoms with Gasteiger partial charge < -0.3 is 10.8 Å². The minimum atomic E-state index is -0.477. The maximum Gasteiger partial charge on any atom is 0.137 e. The molecule has 3 N–H and O–H groups in total. The van der Waals surface area contributed by atoms with E-state index in [2.05, 4.69) is 15.9 Å². The van der Waals surface area contributed by atoms with Crippen LogP contribution >= 0.6 is 15.9 Å². The standard InChI is InChI=1S/C10H11BrFNO/c11-8-3-6(1-2-9(8)12)10(13)4-7(14)5-10/h1-3,7,14H,4-5,13H2. The first kappa shape index (κ1) is 10.1. The molecule has 0 aliphatic heterocycles. The molecule has 1 saturated carbocycles. The van der Waals surface area contributed by atoms with Gasteiger partial charge in [0.05, 0.1) is 10.6 Å². The third kappa shape index (κ3) is 1.58. The van der Waals surface area contributed by atoms with Crippen molar-refractivity contribution in [1.82, 2.24) is 0 Å². The number of aliphatic hydroxyl groups excluding tert-OH is 1. The van der Waals surface area contributed by atoms with Gasteiger partial charge in [-0.2, -0.15) is 0 Å². The lowest BCUT2D eigenvalue weighted by Gasteiger charge is -2.42. The van der Waals surface area contributed by atoms with Crippen molar-refractivity contribution in [1.29, 1.82) is 0 Å². The van der Waals surface area contributed by atoms with Gasteiger partial charge in [0.1, 0.15) is 5.82 Å². The highest BCUT2D eigenvalue weighted by molar-refractivity contribution is 9.10. The summed E-state index contributed by atoms with van der Waals surface area (Å²) in [7, 11) is 0. The first-order valence-corrected chi connectivity index (χ1v) is 5.23. The molecule has 0 unspecified atom stereocenters. The normalized spacial score (nSPS) is 31.3. The fraction of sp³-hybridized carbons (Fsp3) is 0.400. The molecule has 1 aromatic carbocycles. The second kappa shape index (κ2) is 3.29. The highest BCUT2D eigenvalue weighted by Gasteiger charge is 2.41. The van der Waals surface area contributed by atoms with Crippen molar-refractivity contribution in [3.63, 3.8) is 0 Å². The minimum absolute atomic E-state index is 0.294. The average molecular weight is 260 g/mol. The summed E-state index contributed by atoms with van der Waals surface area (Å²) in [4.78, 5) is 0. The predicted molar refractivity (Wildman–Crippen MR) is 55.2 cm³/mol. The molecule has 1 fully saturated rings. The van der Waals surface area contributed by atoms with Crippen molar-refractivity contribution in [2.75, 3.05) is 0 Å². The third-order valence-corrected chi connectivity index (χ3v) is 3.30. The van der Waals surface area contributed by atoms with Gasteiger partial charge in [-0.25, -0.2) is 4.39 Å². The van der Waals surface area contributed by atoms with E-state index in [4.69, 9.17) is 5.73 Å².